The molecule has 2 heterocycles. The average Bonchev–Trinajstić information content (AvgIpc) is 3.18. The number of rotatable bonds is 6. The van der Waals surface area contributed by atoms with Crippen LogP contribution in [-0.4, -0.2) is 69.2 Å². The zero-order valence-corrected chi connectivity index (χ0v) is 19.2. The molecule has 2 saturated heterocycles. The summed E-state index contributed by atoms with van der Waals surface area (Å²) in [5.74, 6) is 1.13. The van der Waals surface area contributed by atoms with E-state index in [2.05, 4.69) is 37.5 Å². The lowest BCUT2D eigenvalue weighted by molar-refractivity contribution is -0.149. The van der Waals surface area contributed by atoms with Gasteiger partial charge in [-0.05, 0) is 51.4 Å². The molecule has 0 spiro atoms. The van der Waals surface area contributed by atoms with Crippen molar-refractivity contribution >= 4 is 11.9 Å². The normalized spacial score (nSPS) is 29.4. The Morgan fingerprint density at radius 1 is 0.750 bits per heavy atom. The minimum Gasteiger partial charge on any atom is -0.480 e. The van der Waals surface area contributed by atoms with Crippen LogP contribution in [0.5, 0.6) is 0 Å². The summed E-state index contributed by atoms with van der Waals surface area (Å²) in [6.07, 6.45) is 2.29. The van der Waals surface area contributed by atoms with E-state index < -0.39 is 23.0 Å². The Morgan fingerprint density at radius 2 is 1.04 bits per heavy atom. The molecular formula is C22H42N2O4. The van der Waals surface area contributed by atoms with Crippen LogP contribution in [0.15, 0.2) is 0 Å². The van der Waals surface area contributed by atoms with Crippen molar-refractivity contribution < 1.29 is 19.8 Å². The summed E-state index contributed by atoms with van der Waals surface area (Å²) >= 11 is 0. The molecule has 0 unspecified atom stereocenters. The first-order valence-electron chi connectivity index (χ1n) is 10.8. The summed E-state index contributed by atoms with van der Waals surface area (Å²) in [7, 11) is 0. The molecular weight excluding hydrogens is 356 g/mol. The molecule has 0 saturated carbocycles. The lowest BCUT2D eigenvalue weighted by Crippen LogP contribution is -2.49. The Labute approximate surface area is 171 Å². The summed E-state index contributed by atoms with van der Waals surface area (Å²) in [5, 5.41) is 18.2. The third-order valence-corrected chi connectivity index (χ3v) is 7.21. The third-order valence-electron chi connectivity index (χ3n) is 7.21. The molecule has 0 bridgehead atoms. The van der Waals surface area contributed by atoms with Crippen molar-refractivity contribution in [2.24, 2.45) is 23.7 Å². The van der Waals surface area contributed by atoms with Gasteiger partial charge in [-0.1, -0.05) is 40.5 Å². The molecule has 2 N–H and O–H groups in total. The van der Waals surface area contributed by atoms with Crippen LogP contribution >= 0.6 is 0 Å². The average molecular weight is 399 g/mol. The standard InChI is InChI=1S/2C11H21NO2/c2*1-5-9-7-12(6-8(9)2)11(3,4)10(13)14/h2*8-9H,5-7H2,1-4H3,(H,13,14)/t2*8-,9-/m10/s1. The van der Waals surface area contributed by atoms with Crippen molar-refractivity contribution in [1.82, 2.24) is 9.80 Å². The number of carbonyl (C=O) groups is 2. The van der Waals surface area contributed by atoms with Crippen LogP contribution in [0.1, 0.15) is 68.2 Å². The van der Waals surface area contributed by atoms with Crippen molar-refractivity contribution in [1.29, 1.82) is 0 Å². The molecule has 0 aromatic carbocycles. The molecule has 2 aliphatic heterocycles. The van der Waals surface area contributed by atoms with Gasteiger partial charge in [-0.25, -0.2) is 0 Å². The largest absolute Gasteiger partial charge is 0.480 e. The van der Waals surface area contributed by atoms with Gasteiger partial charge < -0.3 is 10.2 Å². The van der Waals surface area contributed by atoms with Crippen LogP contribution in [0.2, 0.25) is 0 Å². The second kappa shape index (κ2) is 9.57. The number of aliphatic carboxylic acids is 2. The highest BCUT2D eigenvalue weighted by Gasteiger charge is 2.42. The van der Waals surface area contributed by atoms with Gasteiger partial charge in [0.25, 0.3) is 0 Å². The summed E-state index contributed by atoms with van der Waals surface area (Å²) in [6, 6.07) is 0. The monoisotopic (exact) mass is 398 g/mol. The van der Waals surface area contributed by atoms with Gasteiger partial charge in [0, 0.05) is 26.2 Å². The zero-order valence-electron chi connectivity index (χ0n) is 19.2. The second-order valence-corrected chi connectivity index (χ2v) is 9.83. The molecule has 4 atom stereocenters. The topological polar surface area (TPSA) is 81.1 Å². The van der Waals surface area contributed by atoms with Gasteiger partial charge >= 0.3 is 11.9 Å². The van der Waals surface area contributed by atoms with E-state index in [1.165, 1.54) is 0 Å². The highest BCUT2D eigenvalue weighted by molar-refractivity contribution is 5.78. The van der Waals surface area contributed by atoms with Gasteiger partial charge in [-0.3, -0.25) is 19.4 Å². The molecule has 0 aliphatic carbocycles. The SMILES string of the molecule is CC[C@@H]1CN(C(C)(C)C(=O)O)C[C@H]1C.CC[C@H]1CN(C(C)(C)C(=O)O)C[C@@H]1C. The molecule has 6 nitrogen and oxygen atoms in total. The number of hydrogen-bond acceptors (Lipinski definition) is 4. The van der Waals surface area contributed by atoms with E-state index in [0.29, 0.717) is 23.7 Å². The van der Waals surface area contributed by atoms with E-state index >= 15 is 0 Å². The van der Waals surface area contributed by atoms with Crippen LogP contribution < -0.4 is 0 Å². The van der Waals surface area contributed by atoms with Crippen LogP contribution in [-0.2, 0) is 9.59 Å². The minimum atomic E-state index is -0.721. The van der Waals surface area contributed by atoms with Crippen molar-refractivity contribution in [2.45, 2.75) is 79.3 Å². The van der Waals surface area contributed by atoms with E-state index in [0.717, 1.165) is 39.0 Å². The zero-order chi connectivity index (χ0) is 21.9. The van der Waals surface area contributed by atoms with E-state index in [9.17, 15) is 9.59 Å². The first-order valence-corrected chi connectivity index (χ1v) is 10.8. The van der Waals surface area contributed by atoms with Gasteiger partial charge in [0.2, 0.25) is 0 Å². The van der Waals surface area contributed by atoms with E-state index in [1.807, 2.05) is 0 Å². The van der Waals surface area contributed by atoms with E-state index in [4.69, 9.17) is 10.2 Å². The maximum atomic E-state index is 11.1. The maximum Gasteiger partial charge on any atom is 0.323 e. The Bertz CT molecular complexity index is 499. The van der Waals surface area contributed by atoms with Crippen molar-refractivity contribution in [3.63, 3.8) is 0 Å². The maximum absolute atomic E-state index is 11.1. The van der Waals surface area contributed by atoms with Crippen LogP contribution in [0, 0.1) is 23.7 Å². The number of likely N-dealkylation sites (tertiary alicyclic amines) is 2. The fourth-order valence-electron chi connectivity index (χ4n) is 4.31. The van der Waals surface area contributed by atoms with Crippen molar-refractivity contribution in [2.75, 3.05) is 26.2 Å². The van der Waals surface area contributed by atoms with Crippen LogP contribution in [0.4, 0.5) is 0 Å². The quantitative estimate of drug-likeness (QED) is 0.711. The number of carboxylic acids is 2. The third kappa shape index (κ3) is 5.47. The molecule has 0 radical (unpaired) electrons. The lowest BCUT2D eigenvalue weighted by atomic mass is 9.96. The Balaban J connectivity index is 0.000000280. The highest BCUT2D eigenvalue weighted by atomic mass is 16.4. The lowest BCUT2D eigenvalue weighted by Gasteiger charge is -2.31. The summed E-state index contributed by atoms with van der Waals surface area (Å²) in [6.45, 7) is 19.6. The summed E-state index contributed by atoms with van der Waals surface area (Å²) in [4.78, 5) is 26.3. The Morgan fingerprint density at radius 3 is 1.21 bits per heavy atom. The molecule has 164 valence electrons. The Kier molecular flexibility index (Phi) is 8.51. The molecule has 0 aromatic heterocycles. The van der Waals surface area contributed by atoms with Gasteiger partial charge in [0.15, 0.2) is 0 Å². The number of carboxylic acid groups (broad SMARTS) is 2. The van der Waals surface area contributed by atoms with Gasteiger partial charge in [-0.2, -0.15) is 0 Å². The smallest absolute Gasteiger partial charge is 0.323 e. The van der Waals surface area contributed by atoms with Crippen molar-refractivity contribution in [3.05, 3.63) is 0 Å². The molecule has 2 aliphatic rings. The number of nitrogens with zero attached hydrogens (tertiary/aromatic N) is 2. The molecule has 2 fully saturated rings. The molecule has 0 amide bonds. The van der Waals surface area contributed by atoms with E-state index in [1.54, 1.807) is 27.7 Å². The second-order valence-electron chi connectivity index (χ2n) is 9.83. The van der Waals surface area contributed by atoms with E-state index in [-0.39, 0.29) is 0 Å². The van der Waals surface area contributed by atoms with Gasteiger partial charge in [0.1, 0.15) is 11.1 Å². The highest BCUT2D eigenvalue weighted by Crippen LogP contribution is 2.31. The van der Waals surface area contributed by atoms with Gasteiger partial charge in [-0.15, -0.1) is 0 Å². The fraction of sp³-hybridized carbons (Fsp3) is 0.909. The first kappa shape index (κ1) is 24.9. The molecule has 6 heteroatoms. The molecule has 2 rings (SSSR count). The minimum absolute atomic E-state index is 0.624. The Hall–Kier alpha value is -1.14. The van der Waals surface area contributed by atoms with Crippen LogP contribution in [0.25, 0.3) is 0 Å². The number of hydrogen-bond donors (Lipinski definition) is 2. The molecule has 28 heavy (non-hydrogen) atoms. The van der Waals surface area contributed by atoms with Crippen molar-refractivity contribution in [3.8, 4) is 0 Å². The predicted molar refractivity (Wildman–Crippen MR) is 112 cm³/mol. The van der Waals surface area contributed by atoms with Gasteiger partial charge in [0.05, 0.1) is 0 Å². The summed E-state index contributed by atoms with van der Waals surface area (Å²) < 4.78 is 0. The predicted octanol–water partition coefficient (Wildman–Crippen LogP) is 3.66. The summed E-state index contributed by atoms with van der Waals surface area (Å²) in [5.41, 5.74) is -1.42. The van der Waals surface area contributed by atoms with Crippen LogP contribution in [0.3, 0.4) is 0 Å². The fourth-order valence-corrected chi connectivity index (χ4v) is 4.31. The first-order chi connectivity index (χ1) is 12.8. The molecule has 0 aromatic rings.